The number of aryl methyl sites for hydroxylation is 1. The average molecular weight is 493 g/mol. The normalized spacial score (nSPS) is 10.7. The average Bonchev–Trinajstić information content (AvgIpc) is 3.27. The van der Waals surface area contributed by atoms with Gasteiger partial charge in [-0.05, 0) is 67.6 Å². The monoisotopic (exact) mass is 492 g/mol. The number of carbonyl (C=O) groups excluding carboxylic acids is 2. The molecule has 0 aliphatic rings. The number of benzene rings is 3. The number of hydrogen-bond donors (Lipinski definition) is 1. The molecule has 1 aromatic heterocycles. The van der Waals surface area contributed by atoms with Gasteiger partial charge in [-0.3, -0.25) is 9.36 Å². The largest absolute Gasteiger partial charge is 0.465 e. The van der Waals surface area contributed by atoms with Crippen molar-refractivity contribution in [3.63, 3.8) is 0 Å². The van der Waals surface area contributed by atoms with Crippen molar-refractivity contribution in [2.24, 2.45) is 0 Å². The number of nitrogens with one attached hydrogen (secondary N) is 1. The van der Waals surface area contributed by atoms with E-state index >= 15 is 0 Å². The van der Waals surface area contributed by atoms with Crippen LogP contribution in [-0.2, 0) is 9.53 Å². The van der Waals surface area contributed by atoms with Gasteiger partial charge in [-0.2, -0.15) is 0 Å². The van der Waals surface area contributed by atoms with Crippen LogP contribution in [0.4, 0.5) is 5.69 Å². The lowest BCUT2D eigenvalue weighted by atomic mass is 10.2. The Balaban J connectivity index is 1.53. The minimum atomic E-state index is -0.430. The molecule has 0 fully saturated rings. The highest BCUT2D eigenvalue weighted by molar-refractivity contribution is 7.99. The second-order valence-corrected chi connectivity index (χ2v) is 8.77. The molecule has 0 saturated carbocycles. The third kappa shape index (κ3) is 5.47. The van der Waals surface area contributed by atoms with Crippen LogP contribution in [0.2, 0.25) is 5.02 Å². The van der Waals surface area contributed by atoms with E-state index in [0.29, 0.717) is 27.3 Å². The lowest BCUT2D eigenvalue weighted by Gasteiger charge is -2.11. The van der Waals surface area contributed by atoms with Crippen LogP contribution in [-0.4, -0.2) is 39.5 Å². The van der Waals surface area contributed by atoms with E-state index < -0.39 is 5.97 Å². The summed E-state index contributed by atoms with van der Waals surface area (Å²) in [6, 6.07) is 21.9. The van der Waals surface area contributed by atoms with E-state index in [1.54, 1.807) is 36.4 Å². The first-order valence-corrected chi connectivity index (χ1v) is 11.7. The Morgan fingerprint density at radius 3 is 2.29 bits per heavy atom. The van der Waals surface area contributed by atoms with E-state index in [0.717, 1.165) is 16.8 Å². The van der Waals surface area contributed by atoms with Crippen molar-refractivity contribution in [2.75, 3.05) is 18.2 Å². The first-order valence-electron chi connectivity index (χ1n) is 10.3. The van der Waals surface area contributed by atoms with Gasteiger partial charge in [0, 0.05) is 22.0 Å². The van der Waals surface area contributed by atoms with Crippen LogP contribution < -0.4 is 5.32 Å². The Kier molecular flexibility index (Phi) is 7.30. The van der Waals surface area contributed by atoms with Gasteiger partial charge < -0.3 is 10.1 Å². The lowest BCUT2D eigenvalue weighted by Crippen LogP contribution is -2.14. The summed E-state index contributed by atoms with van der Waals surface area (Å²) in [4.78, 5) is 24.1. The van der Waals surface area contributed by atoms with Gasteiger partial charge in [-0.1, -0.05) is 41.1 Å². The van der Waals surface area contributed by atoms with Crippen LogP contribution in [0.3, 0.4) is 0 Å². The molecule has 4 aromatic rings. The molecular weight excluding hydrogens is 472 g/mol. The second-order valence-electron chi connectivity index (χ2n) is 7.39. The number of halogens is 1. The summed E-state index contributed by atoms with van der Waals surface area (Å²) < 4.78 is 6.61. The molecule has 0 aliphatic heterocycles. The van der Waals surface area contributed by atoms with Crippen LogP contribution in [0, 0.1) is 6.92 Å². The Bertz CT molecular complexity index is 1300. The zero-order valence-corrected chi connectivity index (χ0v) is 20.1. The summed E-state index contributed by atoms with van der Waals surface area (Å²) >= 11 is 7.33. The maximum absolute atomic E-state index is 12.6. The lowest BCUT2D eigenvalue weighted by molar-refractivity contribution is -0.113. The van der Waals surface area contributed by atoms with Crippen LogP contribution >= 0.6 is 23.4 Å². The van der Waals surface area contributed by atoms with Crippen molar-refractivity contribution >= 4 is 40.9 Å². The molecule has 0 bridgehead atoms. The van der Waals surface area contributed by atoms with Gasteiger partial charge in [-0.25, -0.2) is 4.79 Å². The molecule has 9 heteroatoms. The van der Waals surface area contributed by atoms with Crippen molar-refractivity contribution in [3.8, 4) is 17.1 Å². The zero-order chi connectivity index (χ0) is 24.1. The highest BCUT2D eigenvalue weighted by atomic mass is 35.5. The van der Waals surface area contributed by atoms with Gasteiger partial charge in [-0.15, -0.1) is 10.2 Å². The summed E-state index contributed by atoms with van der Waals surface area (Å²) in [5, 5.41) is 12.8. The molecule has 0 aliphatic carbocycles. The van der Waals surface area contributed by atoms with Crippen LogP contribution in [0.15, 0.2) is 78.0 Å². The minimum Gasteiger partial charge on any atom is -0.465 e. The number of nitrogens with zero attached hydrogens (tertiary/aromatic N) is 3. The molecule has 1 heterocycles. The van der Waals surface area contributed by atoms with Crippen molar-refractivity contribution in [3.05, 3.63) is 88.9 Å². The summed E-state index contributed by atoms with van der Waals surface area (Å²) in [7, 11) is 1.32. The molecular formula is C25H21ClN4O3S. The van der Waals surface area contributed by atoms with Gasteiger partial charge >= 0.3 is 5.97 Å². The number of anilines is 1. The molecule has 34 heavy (non-hydrogen) atoms. The van der Waals surface area contributed by atoms with Gasteiger partial charge in [0.25, 0.3) is 0 Å². The number of carbonyl (C=O) groups is 2. The molecule has 1 amide bonds. The minimum absolute atomic E-state index is 0.128. The van der Waals surface area contributed by atoms with Crippen LogP contribution in [0.25, 0.3) is 17.1 Å². The molecule has 0 saturated heterocycles. The number of amides is 1. The fourth-order valence-electron chi connectivity index (χ4n) is 3.21. The predicted molar refractivity (Wildman–Crippen MR) is 134 cm³/mol. The number of thioether (sulfide) groups is 1. The molecule has 0 radical (unpaired) electrons. The van der Waals surface area contributed by atoms with Gasteiger partial charge in [0.05, 0.1) is 18.4 Å². The summed E-state index contributed by atoms with van der Waals surface area (Å²) in [5.74, 6) is 0.146. The number of esters is 1. The Morgan fingerprint density at radius 2 is 1.65 bits per heavy atom. The van der Waals surface area contributed by atoms with E-state index in [9.17, 15) is 9.59 Å². The highest BCUT2D eigenvalue weighted by Gasteiger charge is 2.17. The molecule has 0 atom stereocenters. The fraction of sp³-hybridized carbons (Fsp3) is 0.120. The van der Waals surface area contributed by atoms with Crippen molar-refractivity contribution in [1.82, 2.24) is 14.8 Å². The zero-order valence-electron chi connectivity index (χ0n) is 18.5. The molecule has 0 unspecified atom stereocenters. The van der Waals surface area contributed by atoms with E-state index in [1.165, 1.54) is 18.9 Å². The number of aromatic nitrogens is 3. The van der Waals surface area contributed by atoms with E-state index in [4.69, 9.17) is 11.6 Å². The SMILES string of the molecule is COC(=O)c1ccc(NC(=O)CSc2nnc(-c3ccc(Cl)cc3)n2-c2ccc(C)cc2)cc1. The van der Waals surface area contributed by atoms with E-state index in [2.05, 4.69) is 20.3 Å². The number of methoxy groups -OCH3 is 1. The molecule has 4 rings (SSSR count). The molecule has 172 valence electrons. The second kappa shape index (κ2) is 10.5. The van der Waals surface area contributed by atoms with E-state index in [1.807, 2.05) is 47.9 Å². The third-order valence-electron chi connectivity index (χ3n) is 4.95. The van der Waals surface area contributed by atoms with Crippen LogP contribution in [0.5, 0.6) is 0 Å². The van der Waals surface area contributed by atoms with Crippen molar-refractivity contribution in [1.29, 1.82) is 0 Å². The highest BCUT2D eigenvalue weighted by Crippen LogP contribution is 2.29. The maximum atomic E-state index is 12.6. The van der Waals surface area contributed by atoms with Gasteiger partial charge in [0.2, 0.25) is 5.91 Å². The third-order valence-corrected chi connectivity index (χ3v) is 6.13. The first-order chi connectivity index (χ1) is 16.4. The fourth-order valence-corrected chi connectivity index (χ4v) is 4.09. The number of hydrogen-bond acceptors (Lipinski definition) is 6. The molecule has 1 N–H and O–H groups in total. The topological polar surface area (TPSA) is 86.1 Å². The Morgan fingerprint density at radius 1 is 0.971 bits per heavy atom. The molecule has 3 aromatic carbocycles. The smallest absolute Gasteiger partial charge is 0.337 e. The number of ether oxygens (including phenoxy) is 1. The predicted octanol–water partition coefficient (Wildman–Crippen LogP) is 5.41. The van der Waals surface area contributed by atoms with E-state index in [-0.39, 0.29) is 11.7 Å². The van der Waals surface area contributed by atoms with Crippen LogP contribution in [0.1, 0.15) is 15.9 Å². The summed E-state index contributed by atoms with van der Waals surface area (Å²) in [6.07, 6.45) is 0. The summed E-state index contributed by atoms with van der Waals surface area (Å²) in [5.41, 5.74) is 3.88. The molecule has 0 spiro atoms. The number of rotatable bonds is 7. The molecule has 7 nitrogen and oxygen atoms in total. The Labute approximate surface area is 206 Å². The quantitative estimate of drug-likeness (QED) is 0.274. The van der Waals surface area contributed by atoms with Crippen molar-refractivity contribution < 1.29 is 14.3 Å². The standard InChI is InChI=1S/C25H21ClN4O3S/c1-16-3-13-21(14-4-16)30-23(17-5-9-19(26)10-6-17)28-29-25(30)34-15-22(31)27-20-11-7-18(8-12-20)24(32)33-2/h3-14H,15H2,1-2H3,(H,27,31). The summed E-state index contributed by atoms with van der Waals surface area (Å²) in [6.45, 7) is 2.02. The first kappa shape index (κ1) is 23.5. The van der Waals surface area contributed by atoms with Gasteiger partial charge in [0.15, 0.2) is 11.0 Å². The Hall–Kier alpha value is -3.62. The van der Waals surface area contributed by atoms with Gasteiger partial charge in [0.1, 0.15) is 0 Å². The van der Waals surface area contributed by atoms with Crippen molar-refractivity contribution in [2.45, 2.75) is 12.1 Å². The maximum Gasteiger partial charge on any atom is 0.337 e.